The van der Waals surface area contributed by atoms with Gasteiger partial charge in [0.2, 0.25) is 5.91 Å². The lowest BCUT2D eigenvalue weighted by Crippen LogP contribution is -2.14. The Kier molecular flexibility index (Phi) is 4.70. The third-order valence-electron chi connectivity index (χ3n) is 3.52. The average molecular weight is 303 g/mol. The van der Waals surface area contributed by atoms with E-state index in [0.29, 0.717) is 11.3 Å². The molecule has 0 aliphatic carbocycles. The molecule has 0 radical (unpaired) electrons. The van der Waals surface area contributed by atoms with Crippen LogP contribution in [0.15, 0.2) is 24.3 Å². The first-order chi connectivity index (χ1) is 10.4. The molecule has 2 rings (SSSR count). The molecule has 2 aromatic rings. The number of anilines is 1. The zero-order chi connectivity index (χ0) is 16.3. The standard InChI is InChI=1S/C16H18FN3O2/c1-10-16(11(2)20(3)19-10)18-15(22)9-8-14(21)12-4-6-13(17)7-5-12/h4-7H,8-9H2,1-3H3,(H,18,22). The highest BCUT2D eigenvalue weighted by Gasteiger charge is 2.14. The largest absolute Gasteiger partial charge is 0.323 e. The summed E-state index contributed by atoms with van der Waals surface area (Å²) < 4.78 is 14.5. The van der Waals surface area contributed by atoms with Gasteiger partial charge >= 0.3 is 0 Å². The van der Waals surface area contributed by atoms with Crippen LogP contribution < -0.4 is 5.32 Å². The van der Waals surface area contributed by atoms with Crippen LogP contribution in [0.3, 0.4) is 0 Å². The van der Waals surface area contributed by atoms with Gasteiger partial charge in [-0.1, -0.05) is 0 Å². The summed E-state index contributed by atoms with van der Waals surface area (Å²) in [6.45, 7) is 3.67. The second-order valence-electron chi connectivity index (χ2n) is 5.15. The van der Waals surface area contributed by atoms with Crippen molar-refractivity contribution in [1.82, 2.24) is 9.78 Å². The maximum absolute atomic E-state index is 12.8. The van der Waals surface area contributed by atoms with E-state index < -0.39 is 5.82 Å². The van der Waals surface area contributed by atoms with Crippen molar-refractivity contribution in [3.05, 3.63) is 47.0 Å². The monoisotopic (exact) mass is 303 g/mol. The number of hydrogen-bond acceptors (Lipinski definition) is 3. The van der Waals surface area contributed by atoms with Crippen LogP contribution in [0.5, 0.6) is 0 Å². The number of halogens is 1. The van der Waals surface area contributed by atoms with Gasteiger partial charge < -0.3 is 5.32 Å². The van der Waals surface area contributed by atoms with E-state index in [9.17, 15) is 14.0 Å². The minimum atomic E-state index is -0.392. The number of benzene rings is 1. The normalized spacial score (nSPS) is 10.5. The maximum atomic E-state index is 12.8. The predicted molar refractivity (Wildman–Crippen MR) is 81.3 cm³/mol. The molecular formula is C16H18FN3O2. The van der Waals surface area contributed by atoms with E-state index in [1.165, 1.54) is 24.3 Å². The minimum Gasteiger partial charge on any atom is -0.323 e. The van der Waals surface area contributed by atoms with Crippen molar-refractivity contribution in [2.24, 2.45) is 7.05 Å². The Morgan fingerprint density at radius 3 is 2.36 bits per heavy atom. The molecule has 0 aliphatic rings. The van der Waals surface area contributed by atoms with Gasteiger partial charge in [-0.15, -0.1) is 0 Å². The van der Waals surface area contributed by atoms with Crippen LogP contribution in [-0.4, -0.2) is 21.5 Å². The molecule has 0 unspecified atom stereocenters. The molecule has 0 saturated carbocycles. The second kappa shape index (κ2) is 6.51. The SMILES string of the molecule is Cc1nn(C)c(C)c1NC(=O)CCC(=O)c1ccc(F)cc1. The molecule has 1 N–H and O–H groups in total. The van der Waals surface area contributed by atoms with Gasteiger partial charge in [0.15, 0.2) is 5.78 Å². The molecule has 0 atom stereocenters. The number of hydrogen-bond donors (Lipinski definition) is 1. The molecule has 1 heterocycles. The highest BCUT2D eigenvalue weighted by atomic mass is 19.1. The zero-order valence-corrected chi connectivity index (χ0v) is 12.8. The topological polar surface area (TPSA) is 64.0 Å². The lowest BCUT2D eigenvalue weighted by Gasteiger charge is -2.05. The number of rotatable bonds is 5. The van der Waals surface area contributed by atoms with Crippen LogP contribution in [0.4, 0.5) is 10.1 Å². The van der Waals surface area contributed by atoms with Gasteiger partial charge in [0.05, 0.1) is 17.1 Å². The molecule has 0 spiro atoms. The Hall–Kier alpha value is -2.50. The van der Waals surface area contributed by atoms with Gasteiger partial charge in [-0.3, -0.25) is 14.3 Å². The van der Waals surface area contributed by atoms with Crippen molar-refractivity contribution in [3.63, 3.8) is 0 Å². The van der Waals surface area contributed by atoms with Crippen molar-refractivity contribution < 1.29 is 14.0 Å². The third kappa shape index (κ3) is 3.58. The van der Waals surface area contributed by atoms with Crippen LogP contribution in [0, 0.1) is 19.7 Å². The van der Waals surface area contributed by atoms with Gasteiger partial charge in [0, 0.05) is 25.5 Å². The lowest BCUT2D eigenvalue weighted by molar-refractivity contribution is -0.116. The lowest BCUT2D eigenvalue weighted by atomic mass is 10.1. The smallest absolute Gasteiger partial charge is 0.224 e. The summed E-state index contributed by atoms with van der Waals surface area (Å²) in [6.07, 6.45) is 0.153. The first-order valence-electron chi connectivity index (χ1n) is 6.97. The number of carbonyl (C=O) groups is 2. The van der Waals surface area contributed by atoms with Crippen LogP contribution in [0.2, 0.25) is 0 Å². The number of nitrogens with one attached hydrogen (secondary N) is 1. The number of aryl methyl sites for hydroxylation is 2. The molecule has 1 aromatic carbocycles. The van der Waals surface area contributed by atoms with Gasteiger partial charge in [-0.25, -0.2) is 4.39 Å². The highest BCUT2D eigenvalue weighted by Crippen LogP contribution is 2.18. The fourth-order valence-corrected chi connectivity index (χ4v) is 2.16. The Morgan fingerprint density at radius 1 is 1.18 bits per heavy atom. The molecule has 5 nitrogen and oxygen atoms in total. The zero-order valence-electron chi connectivity index (χ0n) is 12.8. The molecule has 0 bridgehead atoms. The summed E-state index contributed by atoms with van der Waals surface area (Å²) in [5, 5.41) is 6.99. The third-order valence-corrected chi connectivity index (χ3v) is 3.52. The first-order valence-corrected chi connectivity index (χ1v) is 6.97. The van der Waals surface area contributed by atoms with Crippen LogP contribution >= 0.6 is 0 Å². The van der Waals surface area contributed by atoms with E-state index in [1.54, 1.807) is 11.7 Å². The molecule has 0 fully saturated rings. The fourth-order valence-electron chi connectivity index (χ4n) is 2.16. The Balaban J connectivity index is 1.92. The quantitative estimate of drug-likeness (QED) is 0.864. The summed E-state index contributed by atoms with van der Waals surface area (Å²) in [6, 6.07) is 5.31. The van der Waals surface area contributed by atoms with Crippen molar-refractivity contribution >= 4 is 17.4 Å². The van der Waals surface area contributed by atoms with E-state index in [-0.39, 0.29) is 24.5 Å². The number of nitrogens with zero attached hydrogens (tertiary/aromatic N) is 2. The number of Topliss-reactive ketones (excluding diaryl/α,β-unsaturated/α-hetero) is 1. The Labute approximate surface area is 128 Å². The molecule has 0 saturated heterocycles. The van der Waals surface area contributed by atoms with Crippen molar-refractivity contribution in [2.75, 3.05) is 5.32 Å². The summed E-state index contributed by atoms with van der Waals surface area (Å²) in [5.41, 5.74) is 2.68. The first kappa shape index (κ1) is 15.9. The summed E-state index contributed by atoms with van der Waals surface area (Å²) in [5.74, 6) is -0.818. The maximum Gasteiger partial charge on any atom is 0.224 e. The summed E-state index contributed by atoms with van der Waals surface area (Å²) >= 11 is 0. The van der Waals surface area contributed by atoms with E-state index in [4.69, 9.17) is 0 Å². The molecule has 116 valence electrons. The highest BCUT2D eigenvalue weighted by molar-refractivity contribution is 6.00. The van der Waals surface area contributed by atoms with E-state index in [2.05, 4.69) is 10.4 Å². The van der Waals surface area contributed by atoms with Gasteiger partial charge in [0.25, 0.3) is 0 Å². The molecule has 6 heteroatoms. The Morgan fingerprint density at radius 2 is 1.82 bits per heavy atom. The minimum absolute atomic E-state index is 0.0734. The number of ketones is 1. The van der Waals surface area contributed by atoms with Crippen molar-refractivity contribution in [3.8, 4) is 0 Å². The number of amides is 1. The molecular weight excluding hydrogens is 285 g/mol. The van der Waals surface area contributed by atoms with Crippen LogP contribution in [-0.2, 0) is 11.8 Å². The number of carbonyl (C=O) groups excluding carboxylic acids is 2. The van der Waals surface area contributed by atoms with Gasteiger partial charge in [-0.05, 0) is 38.1 Å². The van der Waals surface area contributed by atoms with Gasteiger partial charge in [0.1, 0.15) is 5.82 Å². The molecule has 22 heavy (non-hydrogen) atoms. The summed E-state index contributed by atoms with van der Waals surface area (Å²) in [7, 11) is 1.80. The second-order valence-corrected chi connectivity index (χ2v) is 5.15. The average Bonchev–Trinajstić information content (AvgIpc) is 2.72. The number of aromatic nitrogens is 2. The van der Waals surface area contributed by atoms with E-state index in [1.807, 2.05) is 13.8 Å². The molecule has 1 aromatic heterocycles. The molecule has 1 amide bonds. The fraction of sp³-hybridized carbons (Fsp3) is 0.312. The van der Waals surface area contributed by atoms with Crippen molar-refractivity contribution in [2.45, 2.75) is 26.7 Å². The summed E-state index contributed by atoms with van der Waals surface area (Å²) in [4.78, 5) is 23.9. The van der Waals surface area contributed by atoms with Gasteiger partial charge in [-0.2, -0.15) is 5.10 Å². The van der Waals surface area contributed by atoms with Crippen LogP contribution in [0.1, 0.15) is 34.6 Å². The Bertz CT molecular complexity index is 705. The van der Waals surface area contributed by atoms with E-state index in [0.717, 1.165) is 11.4 Å². The molecule has 0 aliphatic heterocycles. The van der Waals surface area contributed by atoms with E-state index >= 15 is 0 Å². The van der Waals surface area contributed by atoms with Crippen LogP contribution in [0.25, 0.3) is 0 Å². The predicted octanol–water partition coefficient (Wildman–Crippen LogP) is 2.78. The van der Waals surface area contributed by atoms with Crippen molar-refractivity contribution in [1.29, 1.82) is 0 Å².